The summed E-state index contributed by atoms with van der Waals surface area (Å²) in [6.45, 7) is -0.119. The van der Waals surface area contributed by atoms with Crippen LogP contribution in [0.3, 0.4) is 0 Å². The van der Waals surface area contributed by atoms with E-state index in [0.29, 0.717) is 6.07 Å². The standard InChI is InChI=1S/C11H12F3NO4/c1-18-4-5-19-6-9-7(11(12,13)14)2-3-8(15-9)10(16)17/h2-3H,4-6H2,1H3,(H,16,17). The van der Waals surface area contributed by atoms with Gasteiger partial charge in [-0.15, -0.1) is 0 Å². The minimum atomic E-state index is -4.61. The van der Waals surface area contributed by atoms with Crippen molar-refractivity contribution in [3.05, 3.63) is 29.1 Å². The van der Waals surface area contributed by atoms with Gasteiger partial charge < -0.3 is 14.6 Å². The van der Waals surface area contributed by atoms with Gasteiger partial charge in [0.25, 0.3) is 0 Å². The van der Waals surface area contributed by atoms with E-state index in [1.165, 1.54) is 7.11 Å². The lowest BCUT2D eigenvalue weighted by atomic mass is 10.1. The fourth-order valence-corrected chi connectivity index (χ4v) is 1.30. The van der Waals surface area contributed by atoms with Gasteiger partial charge in [0.15, 0.2) is 0 Å². The predicted molar refractivity (Wildman–Crippen MR) is 57.7 cm³/mol. The normalized spacial score (nSPS) is 11.6. The molecular weight excluding hydrogens is 267 g/mol. The van der Waals surface area contributed by atoms with Gasteiger partial charge in [0, 0.05) is 7.11 Å². The third kappa shape index (κ3) is 4.49. The third-order valence-corrected chi connectivity index (χ3v) is 2.17. The molecule has 5 nitrogen and oxygen atoms in total. The van der Waals surface area contributed by atoms with E-state index in [2.05, 4.69) is 9.72 Å². The summed E-state index contributed by atoms with van der Waals surface area (Å²) in [5, 5.41) is 8.71. The number of aromatic carboxylic acids is 1. The Labute approximate surface area is 107 Å². The molecule has 0 saturated carbocycles. The van der Waals surface area contributed by atoms with Crippen LogP contribution in [0.2, 0.25) is 0 Å². The minimum absolute atomic E-state index is 0.0901. The summed E-state index contributed by atoms with van der Waals surface area (Å²) in [4.78, 5) is 14.1. The maximum Gasteiger partial charge on any atom is 0.418 e. The highest BCUT2D eigenvalue weighted by Crippen LogP contribution is 2.31. The first-order valence-corrected chi connectivity index (χ1v) is 5.23. The molecule has 1 aromatic rings. The van der Waals surface area contributed by atoms with Crippen molar-refractivity contribution >= 4 is 5.97 Å². The molecule has 0 bridgehead atoms. The number of carboxylic acid groups (broad SMARTS) is 1. The van der Waals surface area contributed by atoms with Crippen LogP contribution < -0.4 is 0 Å². The Hall–Kier alpha value is -1.67. The molecule has 1 N–H and O–H groups in total. The number of nitrogens with zero attached hydrogens (tertiary/aromatic N) is 1. The number of ether oxygens (including phenoxy) is 2. The second-order valence-electron chi connectivity index (χ2n) is 3.54. The lowest BCUT2D eigenvalue weighted by Crippen LogP contribution is -2.15. The van der Waals surface area contributed by atoms with Crippen LogP contribution in [0.5, 0.6) is 0 Å². The van der Waals surface area contributed by atoms with E-state index in [1.807, 2.05) is 0 Å². The summed E-state index contributed by atoms with van der Waals surface area (Å²) in [5.41, 5.74) is -1.92. The summed E-state index contributed by atoms with van der Waals surface area (Å²) in [6, 6.07) is 1.50. The number of aromatic nitrogens is 1. The number of hydrogen-bond donors (Lipinski definition) is 1. The van der Waals surface area contributed by atoms with Crippen molar-refractivity contribution in [1.29, 1.82) is 0 Å². The zero-order valence-corrected chi connectivity index (χ0v) is 10.0. The smallest absolute Gasteiger partial charge is 0.418 e. The third-order valence-electron chi connectivity index (χ3n) is 2.17. The maximum atomic E-state index is 12.7. The number of carbonyl (C=O) groups is 1. The molecule has 0 fully saturated rings. The summed E-state index contributed by atoms with van der Waals surface area (Å²) in [6.07, 6.45) is -4.61. The fourth-order valence-electron chi connectivity index (χ4n) is 1.30. The number of hydrogen-bond acceptors (Lipinski definition) is 4. The van der Waals surface area contributed by atoms with Gasteiger partial charge in [0.2, 0.25) is 0 Å². The molecule has 0 aliphatic rings. The number of halogens is 3. The average Bonchev–Trinajstić information content (AvgIpc) is 2.33. The van der Waals surface area contributed by atoms with Crippen molar-refractivity contribution in [3.63, 3.8) is 0 Å². The van der Waals surface area contributed by atoms with E-state index in [0.717, 1.165) is 6.07 Å². The zero-order valence-electron chi connectivity index (χ0n) is 10.0. The van der Waals surface area contributed by atoms with Gasteiger partial charge in [-0.05, 0) is 12.1 Å². The van der Waals surface area contributed by atoms with E-state index in [1.54, 1.807) is 0 Å². The maximum absolute atomic E-state index is 12.7. The van der Waals surface area contributed by atoms with Crippen LogP contribution >= 0.6 is 0 Å². The molecular formula is C11H12F3NO4. The van der Waals surface area contributed by atoms with Crippen molar-refractivity contribution in [1.82, 2.24) is 4.98 Å². The van der Waals surface area contributed by atoms with E-state index >= 15 is 0 Å². The van der Waals surface area contributed by atoms with Gasteiger partial charge >= 0.3 is 12.1 Å². The topological polar surface area (TPSA) is 68.7 Å². The molecule has 0 aliphatic carbocycles. The highest BCUT2D eigenvalue weighted by Gasteiger charge is 2.34. The van der Waals surface area contributed by atoms with Gasteiger partial charge in [0.1, 0.15) is 5.69 Å². The molecule has 0 aromatic carbocycles. The van der Waals surface area contributed by atoms with Crippen molar-refractivity contribution in [2.75, 3.05) is 20.3 Å². The van der Waals surface area contributed by atoms with E-state index in [4.69, 9.17) is 9.84 Å². The minimum Gasteiger partial charge on any atom is -0.477 e. The van der Waals surface area contributed by atoms with Crippen LogP contribution in [-0.4, -0.2) is 36.4 Å². The Balaban J connectivity index is 2.95. The second kappa shape index (κ2) is 6.48. The Bertz CT molecular complexity index is 448. The largest absolute Gasteiger partial charge is 0.477 e. The number of pyridine rings is 1. The summed E-state index contributed by atoms with van der Waals surface area (Å²) < 4.78 is 47.7. The van der Waals surface area contributed by atoms with Crippen LogP contribution in [0.15, 0.2) is 12.1 Å². The molecule has 106 valence electrons. The van der Waals surface area contributed by atoms with Gasteiger partial charge in [-0.3, -0.25) is 0 Å². The lowest BCUT2D eigenvalue weighted by molar-refractivity contribution is -0.139. The molecule has 0 atom stereocenters. The molecule has 0 saturated heterocycles. The molecule has 0 unspecified atom stereocenters. The molecule has 19 heavy (non-hydrogen) atoms. The molecule has 1 rings (SSSR count). The highest BCUT2D eigenvalue weighted by atomic mass is 19.4. The second-order valence-corrected chi connectivity index (χ2v) is 3.54. The van der Waals surface area contributed by atoms with E-state index in [-0.39, 0.29) is 13.2 Å². The monoisotopic (exact) mass is 279 g/mol. The van der Waals surface area contributed by atoms with Crippen LogP contribution in [0.25, 0.3) is 0 Å². The van der Waals surface area contributed by atoms with Gasteiger partial charge in [0.05, 0.1) is 31.1 Å². The summed E-state index contributed by atoms with van der Waals surface area (Å²) in [7, 11) is 1.42. The Kier molecular flexibility index (Phi) is 5.25. The summed E-state index contributed by atoms with van der Waals surface area (Å²) in [5.74, 6) is -1.40. The highest BCUT2D eigenvalue weighted by molar-refractivity contribution is 5.85. The Morgan fingerprint density at radius 3 is 2.58 bits per heavy atom. The van der Waals surface area contributed by atoms with Crippen LogP contribution in [0.4, 0.5) is 13.2 Å². The van der Waals surface area contributed by atoms with Crippen molar-refractivity contribution in [2.24, 2.45) is 0 Å². The predicted octanol–water partition coefficient (Wildman–Crippen LogP) is 1.96. The quantitative estimate of drug-likeness (QED) is 0.806. The number of methoxy groups -OCH3 is 1. The zero-order chi connectivity index (χ0) is 14.5. The van der Waals surface area contributed by atoms with Gasteiger partial charge in [-0.2, -0.15) is 13.2 Å². The van der Waals surface area contributed by atoms with Crippen LogP contribution in [-0.2, 0) is 22.3 Å². The van der Waals surface area contributed by atoms with Crippen LogP contribution in [0.1, 0.15) is 21.7 Å². The fraction of sp³-hybridized carbons (Fsp3) is 0.455. The molecule has 1 aromatic heterocycles. The molecule has 1 heterocycles. The van der Waals surface area contributed by atoms with Crippen molar-refractivity contribution in [3.8, 4) is 0 Å². The van der Waals surface area contributed by atoms with Crippen LogP contribution in [0, 0.1) is 0 Å². The Morgan fingerprint density at radius 2 is 2.05 bits per heavy atom. The molecule has 0 amide bonds. The SMILES string of the molecule is COCCOCc1nc(C(=O)O)ccc1C(F)(F)F. The lowest BCUT2D eigenvalue weighted by Gasteiger charge is -2.12. The van der Waals surface area contributed by atoms with Crippen molar-refractivity contribution < 1.29 is 32.5 Å². The molecule has 0 aliphatic heterocycles. The van der Waals surface area contributed by atoms with E-state index < -0.39 is 35.7 Å². The summed E-state index contributed by atoms with van der Waals surface area (Å²) >= 11 is 0. The molecule has 0 radical (unpaired) electrons. The van der Waals surface area contributed by atoms with Gasteiger partial charge in [-0.25, -0.2) is 9.78 Å². The number of alkyl halides is 3. The number of rotatable bonds is 6. The Morgan fingerprint density at radius 1 is 1.37 bits per heavy atom. The van der Waals surface area contributed by atoms with Gasteiger partial charge in [-0.1, -0.05) is 0 Å². The molecule has 0 spiro atoms. The average molecular weight is 279 g/mol. The van der Waals surface area contributed by atoms with E-state index in [9.17, 15) is 18.0 Å². The first-order valence-electron chi connectivity index (χ1n) is 5.23. The number of carboxylic acids is 1. The molecule has 8 heteroatoms. The first-order chi connectivity index (χ1) is 8.86. The first kappa shape index (κ1) is 15.4. The van der Waals surface area contributed by atoms with Crippen molar-refractivity contribution in [2.45, 2.75) is 12.8 Å².